The largest absolute Gasteiger partial charge is 0.495 e. The first-order chi connectivity index (χ1) is 13.9. The van der Waals surface area contributed by atoms with E-state index in [4.69, 9.17) is 16.3 Å². The first-order valence-electron chi connectivity index (χ1n) is 9.17. The van der Waals surface area contributed by atoms with E-state index in [9.17, 15) is 13.2 Å². The molecule has 1 fully saturated rings. The van der Waals surface area contributed by atoms with Crippen LogP contribution in [0.3, 0.4) is 0 Å². The van der Waals surface area contributed by atoms with Gasteiger partial charge >= 0.3 is 0 Å². The molecule has 0 aliphatic carbocycles. The number of amides is 1. The summed E-state index contributed by atoms with van der Waals surface area (Å²) in [5.74, 6) is 0.619. The van der Waals surface area contributed by atoms with Crippen molar-refractivity contribution >= 4 is 33.2 Å². The van der Waals surface area contributed by atoms with Crippen LogP contribution in [-0.4, -0.2) is 68.3 Å². The average molecular weight is 439 g/mol. The van der Waals surface area contributed by atoms with E-state index in [0.717, 1.165) is 5.69 Å². The molecule has 8 nitrogen and oxygen atoms in total. The van der Waals surface area contributed by atoms with Gasteiger partial charge in [0.15, 0.2) is 0 Å². The van der Waals surface area contributed by atoms with Gasteiger partial charge in [0.2, 0.25) is 15.9 Å². The topological polar surface area (TPSA) is 91.8 Å². The first-order valence-corrected chi connectivity index (χ1v) is 11.0. The molecular weight excluding hydrogens is 416 g/mol. The quantitative estimate of drug-likeness (QED) is 0.711. The standard InChI is InChI=1S/C19H23ClN4O4S/c1-28-18-5-4-15(20)13-17(18)22-8-6-19(25)23-9-11-24(12-10-23)29(26,27)16-3-2-7-21-14-16/h2-5,7,13-14,22H,6,8-12H2,1H3. The van der Waals surface area contributed by atoms with Gasteiger partial charge in [-0.3, -0.25) is 9.78 Å². The van der Waals surface area contributed by atoms with Gasteiger partial charge in [-0.2, -0.15) is 4.31 Å². The van der Waals surface area contributed by atoms with Crippen molar-refractivity contribution in [3.05, 3.63) is 47.7 Å². The van der Waals surface area contributed by atoms with Crippen molar-refractivity contribution in [2.24, 2.45) is 0 Å². The second-order valence-corrected chi connectivity index (χ2v) is 8.87. The van der Waals surface area contributed by atoms with Crippen LogP contribution in [0.15, 0.2) is 47.6 Å². The summed E-state index contributed by atoms with van der Waals surface area (Å²) in [4.78, 5) is 18.2. The molecule has 10 heteroatoms. The normalized spacial score (nSPS) is 15.2. The number of rotatable bonds is 7. The van der Waals surface area contributed by atoms with Gasteiger partial charge in [0, 0.05) is 56.6 Å². The van der Waals surface area contributed by atoms with Crippen molar-refractivity contribution in [2.45, 2.75) is 11.3 Å². The Morgan fingerprint density at radius 2 is 2.00 bits per heavy atom. The Hall–Kier alpha value is -2.36. The fourth-order valence-corrected chi connectivity index (χ4v) is 4.67. The van der Waals surface area contributed by atoms with Crippen LogP contribution in [-0.2, 0) is 14.8 Å². The average Bonchev–Trinajstić information content (AvgIpc) is 2.74. The van der Waals surface area contributed by atoms with Gasteiger partial charge in [0.05, 0.1) is 12.8 Å². The van der Waals surface area contributed by atoms with Crippen molar-refractivity contribution in [1.82, 2.24) is 14.2 Å². The molecule has 0 bridgehead atoms. The highest BCUT2D eigenvalue weighted by molar-refractivity contribution is 7.89. The van der Waals surface area contributed by atoms with Crippen molar-refractivity contribution in [3.63, 3.8) is 0 Å². The second-order valence-electron chi connectivity index (χ2n) is 6.49. The van der Waals surface area contributed by atoms with Crippen molar-refractivity contribution in [3.8, 4) is 5.75 Å². The number of carbonyl (C=O) groups is 1. The molecule has 0 spiro atoms. The summed E-state index contributed by atoms with van der Waals surface area (Å²) in [5, 5.41) is 3.73. The van der Waals surface area contributed by atoms with Crippen molar-refractivity contribution in [2.75, 3.05) is 45.2 Å². The third-order valence-corrected chi connectivity index (χ3v) is 6.80. The Balaban J connectivity index is 1.50. The van der Waals surface area contributed by atoms with E-state index in [1.807, 2.05) is 0 Å². The molecule has 1 aromatic carbocycles. The van der Waals surface area contributed by atoms with Gasteiger partial charge in [-0.15, -0.1) is 0 Å². The van der Waals surface area contributed by atoms with Crippen molar-refractivity contribution < 1.29 is 17.9 Å². The van der Waals surface area contributed by atoms with E-state index in [1.54, 1.807) is 36.3 Å². The van der Waals surface area contributed by atoms with Crippen LogP contribution >= 0.6 is 11.6 Å². The zero-order chi connectivity index (χ0) is 20.9. The van der Waals surface area contributed by atoms with E-state index in [1.165, 1.54) is 22.8 Å². The molecule has 29 heavy (non-hydrogen) atoms. The minimum absolute atomic E-state index is 0.0306. The number of hydrogen-bond donors (Lipinski definition) is 1. The van der Waals surface area contributed by atoms with Crippen LogP contribution in [0.4, 0.5) is 5.69 Å². The van der Waals surface area contributed by atoms with E-state index in [0.29, 0.717) is 30.4 Å². The molecule has 0 radical (unpaired) electrons. The zero-order valence-electron chi connectivity index (χ0n) is 16.0. The predicted octanol–water partition coefficient (Wildman–Crippen LogP) is 2.08. The lowest BCUT2D eigenvalue weighted by atomic mass is 10.2. The van der Waals surface area contributed by atoms with E-state index in [2.05, 4.69) is 10.3 Å². The van der Waals surface area contributed by atoms with Gasteiger partial charge in [-0.1, -0.05) is 11.6 Å². The molecule has 2 aromatic rings. The third-order valence-electron chi connectivity index (χ3n) is 4.68. The number of halogens is 1. The lowest BCUT2D eigenvalue weighted by Gasteiger charge is -2.34. The van der Waals surface area contributed by atoms with E-state index >= 15 is 0 Å². The Bertz CT molecular complexity index is 948. The lowest BCUT2D eigenvalue weighted by molar-refractivity contribution is -0.132. The Morgan fingerprint density at radius 1 is 1.24 bits per heavy atom. The number of pyridine rings is 1. The number of nitrogens with one attached hydrogen (secondary N) is 1. The molecule has 3 rings (SSSR count). The van der Waals surface area contributed by atoms with Crippen LogP contribution in [0.2, 0.25) is 5.02 Å². The predicted molar refractivity (Wildman–Crippen MR) is 111 cm³/mol. The summed E-state index contributed by atoms with van der Waals surface area (Å²) in [6, 6.07) is 8.35. The van der Waals surface area contributed by atoms with E-state index in [-0.39, 0.29) is 30.3 Å². The first kappa shape index (κ1) is 21.4. The second kappa shape index (κ2) is 9.43. The molecule has 156 valence electrons. The molecule has 0 unspecified atom stereocenters. The number of piperazine rings is 1. The maximum absolute atomic E-state index is 12.6. The fraction of sp³-hybridized carbons (Fsp3) is 0.368. The maximum Gasteiger partial charge on any atom is 0.244 e. The summed E-state index contributed by atoms with van der Waals surface area (Å²) in [6.45, 7) is 1.67. The number of carbonyl (C=O) groups excluding carboxylic acids is 1. The summed E-state index contributed by atoms with van der Waals surface area (Å²) < 4.78 is 31.9. The van der Waals surface area contributed by atoms with Crippen LogP contribution < -0.4 is 10.1 Å². The number of ether oxygens (including phenoxy) is 1. The molecule has 1 saturated heterocycles. The monoisotopic (exact) mass is 438 g/mol. The smallest absolute Gasteiger partial charge is 0.244 e. The molecule has 1 aromatic heterocycles. The highest BCUT2D eigenvalue weighted by Gasteiger charge is 2.30. The highest BCUT2D eigenvalue weighted by Crippen LogP contribution is 2.27. The van der Waals surface area contributed by atoms with Gasteiger partial charge in [-0.05, 0) is 30.3 Å². The molecule has 1 N–H and O–H groups in total. The SMILES string of the molecule is COc1ccc(Cl)cc1NCCC(=O)N1CCN(S(=O)(=O)c2cccnc2)CC1. The van der Waals surface area contributed by atoms with Crippen LogP contribution in [0.1, 0.15) is 6.42 Å². The van der Waals surface area contributed by atoms with Crippen molar-refractivity contribution in [1.29, 1.82) is 0 Å². The summed E-state index contributed by atoms with van der Waals surface area (Å²) >= 11 is 6.00. The minimum Gasteiger partial charge on any atom is -0.495 e. The maximum atomic E-state index is 12.6. The zero-order valence-corrected chi connectivity index (χ0v) is 17.6. The highest BCUT2D eigenvalue weighted by atomic mass is 35.5. The number of aromatic nitrogens is 1. The number of benzene rings is 1. The Kier molecular flexibility index (Phi) is 6.94. The number of nitrogens with zero attached hydrogens (tertiary/aromatic N) is 3. The number of sulfonamides is 1. The van der Waals surface area contributed by atoms with Gasteiger partial charge < -0.3 is 15.0 Å². The van der Waals surface area contributed by atoms with E-state index < -0.39 is 10.0 Å². The Morgan fingerprint density at radius 3 is 2.66 bits per heavy atom. The minimum atomic E-state index is -3.58. The molecule has 0 atom stereocenters. The molecular formula is C19H23ClN4O4S. The number of anilines is 1. The Labute approximate surface area is 175 Å². The molecule has 1 amide bonds. The summed E-state index contributed by atoms with van der Waals surface area (Å²) in [7, 11) is -2.01. The van der Waals surface area contributed by atoms with Crippen LogP contribution in [0, 0.1) is 0 Å². The van der Waals surface area contributed by atoms with Crippen LogP contribution in [0.25, 0.3) is 0 Å². The fourth-order valence-electron chi connectivity index (χ4n) is 3.11. The molecule has 1 aliphatic heterocycles. The number of hydrogen-bond acceptors (Lipinski definition) is 6. The summed E-state index contributed by atoms with van der Waals surface area (Å²) in [6.07, 6.45) is 3.15. The van der Waals surface area contributed by atoms with Crippen LogP contribution in [0.5, 0.6) is 5.75 Å². The van der Waals surface area contributed by atoms with Gasteiger partial charge in [0.1, 0.15) is 10.6 Å². The molecule has 0 saturated carbocycles. The lowest BCUT2D eigenvalue weighted by Crippen LogP contribution is -2.50. The molecule has 1 aliphatic rings. The molecule has 2 heterocycles. The van der Waals surface area contributed by atoms with Gasteiger partial charge in [0.25, 0.3) is 0 Å². The third kappa shape index (κ3) is 5.17. The number of methoxy groups -OCH3 is 1. The summed E-state index contributed by atoms with van der Waals surface area (Å²) in [5.41, 5.74) is 0.722. The van der Waals surface area contributed by atoms with Gasteiger partial charge in [-0.25, -0.2) is 8.42 Å².